The van der Waals surface area contributed by atoms with Gasteiger partial charge in [0.05, 0.1) is 0 Å². The Bertz CT molecular complexity index is 158. The van der Waals surface area contributed by atoms with Crippen LogP contribution < -0.4 is 5.32 Å². The lowest BCUT2D eigenvalue weighted by atomic mass is 9.96. The van der Waals surface area contributed by atoms with E-state index in [9.17, 15) is 0 Å². The van der Waals surface area contributed by atoms with Gasteiger partial charge in [-0.2, -0.15) is 0 Å². The molecule has 1 N–H and O–H groups in total. The van der Waals surface area contributed by atoms with Crippen molar-refractivity contribution in [1.29, 1.82) is 0 Å². The molecular formula is C11H21N. The predicted octanol–water partition coefficient (Wildman–Crippen LogP) is 2.87. The van der Waals surface area contributed by atoms with Gasteiger partial charge in [0, 0.05) is 11.6 Å². The van der Waals surface area contributed by atoms with Crippen LogP contribution in [-0.2, 0) is 0 Å². The summed E-state index contributed by atoms with van der Waals surface area (Å²) < 4.78 is 0. The fraction of sp³-hybridized carbons (Fsp3) is 0.818. The first-order valence-corrected chi connectivity index (χ1v) is 5.08. The molecular weight excluding hydrogens is 146 g/mol. The zero-order valence-electron chi connectivity index (χ0n) is 8.56. The number of nitrogens with one attached hydrogen (secondary N) is 1. The highest BCUT2D eigenvalue weighted by molar-refractivity contribution is 4.99. The number of rotatable bonds is 3. The lowest BCUT2D eigenvalue weighted by Gasteiger charge is -2.30. The number of allylic oxidation sites excluding steroid dienone is 1. The van der Waals surface area contributed by atoms with Crippen LogP contribution in [0.4, 0.5) is 0 Å². The molecule has 0 radical (unpaired) electrons. The summed E-state index contributed by atoms with van der Waals surface area (Å²) in [7, 11) is 0. The van der Waals surface area contributed by atoms with E-state index < -0.39 is 0 Å². The average Bonchev–Trinajstić information content (AvgIpc) is 2.06. The fourth-order valence-corrected chi connectivity index (χ4v) is 1.54. The summed E-state index contributed by atoms with van der Waals surface area (Å²) in [5.41, 5.74) is 0.298. The molecule has 0 bridgehead atoms. The van der Waals surface area contributed by atoms with Crippen LogP contribution >= 0.6 is 0 Å². The molecule has 0 aromatic carbocycles. The van der Waals surface area contributed by atoms with Crippen molar-refractivity contribution in [3.63, 3.8) is 0 Å². The van der Waals surface area contributed by atoms with E-state index in [1.165, 1.54) is 25.7 Å². The van der Waals surface area contributed by atoms with Gasteiger partial charge in [0.2, 0.25) is 0 Å². The van der Waals surface area contributed by atoms with Crippen LogP contribution in [0.15, 0.2) is 12.2 Å². The molecule has 0 saturated carbocycles. The van der Waals surface area contributed by atoms with Crippen LogP contribution in [0.3, 0.4) is 0 Å². The van der Waals surface area contributed by atoms with Gasteiger partial charge in [0.1, 0.15) is 0 Å². The third kappa shape index (κ3) is 2.98. The molecule has 0 aliphatic heterocycles. The van der Waals surface area contributed by atoms with E-state index in [0.29, 0.717) is 11.6 Å². The summed E-state index contributed by atoms with van der Waals surface area (Å²) in [6.45, 7) is 6.78. The molecule has 1 nitrogen and oxygen atoms in total. The van der Waals surface area contributed by atoms with Crippen molar-refractivity contribution >= 4 is 0 Å². The molecule has 12 heavy (non-hydrogen) atoms. The highest BCUT2D eigenvalue weighted by Gasteiger charge is 2.18. The van der Waals surface area contributed by atoms with Crippen molar-refractivity contribution in [2.75, 3.05) is 0 Å². The van der Waals surface area contributed by atoms with Gasteiger partial charge in [-0.1, -0.05) is 19.1 Å². The molecule has 0 amide bonds. The molecule has 1 atom stereocenters. The summed E-state index contributed by atoms with van der Waals surface area (Å²) in [6, 6.07) is 0.619. The molecule has 1 rings (SSSR count). The maximum atomic E-state index is 3.66. The van der Waals surface area contributed by atoms with Gasteiger partial charge in [-0.3, -0.25) is 0 Å². The normalized spacial score (nSPS) is 24.4. The van der Waals surface area contributed by atoms with Gasteiger partial charge in [-0.25, -0.2) is 0 Å². The van der Waals surface area contributed by atoms with E-state index in [-0.39, 0.29) is 0 Å². The minimum absolute atomic E-state index is 0.298. The van der Waals surface area contributed by atoms with Crippen molar-refractivity contribution in [3.8, 4) is 0 Å². The summed E-state index contributed by atoms with van der Waals surface area (Å²) >= 11 is 0. The third-order valence-electron chi connectivity index (χ3n) is 2.71. The minimum atomic E-state index is 0.298. The summed E-state index contributed by atoms with van der Waals surface area (Å²) in [4.78, 5) is 0. The second-order valence-corrected chi connectivity index (χ2v) is 4.35. The summed E-state index contributed by atoms with van der Waals surface area (Å²) in [5, 5.41) is 3.66. The maximum absolute atomic E-state index is 3.66. The van der Waals surface area contributed by atoms with Crippen molar-refractivity contribution < 1.29 is 0 Å². The Morgan fingerprint density at radius 3 is 2.75 bits per heavy atom. The highest BCUT2D eigenvalue weighted by Crippen LogP contribution is 2.15. The lowest BCUT2D eigenvalue weighted by Crippen LogP contribution is -2.45. The minimum Gasteiger partial charge on any atom is -0.306 e. The Morgan fingerprint density at radius 1 is 1.50 bits per heavy atom. The summed E-state index contributed by atoms with van der Waals surface area (Å²) in [6.07, 6.45) is 9.73. The fourth-order valence-electron chi connectivity index (χ4n) is 1.54. The van der Waals surface area contributed by atoms with E-state index in [2.05, 4.69) is 38.2 Å². The van der Waals surface area contributed by atoms with Crippen molar-refractivity contribution in [1.82, 2.24) is 5.32 Å². The quantitative estimate of drug-likeness (QED) is 0.637. The SMILES string of the molecule is CCC(C)(C)NC1C=CCCC1. The molecule has 1 aliphatic carbocycles. The van der Waals surface area contributed by atoms with Crippen LogP contribution in [0, 0.1) is 0 Å². The Kier molecular flexibility index (Phi) is 3.33. The van der Waals surface area contributed by atoms with Gasteiger partial charge in [-0.05, 0) is 39.5 Å². The molecule has 0 spiro atoms. The van der Waals surface area contributed by atoms with Crippen LogP contribution in [0.1, 0.15) is 46.5 Å². The molecule has 0 aromatic heterocycles. The molecule has 1 heteroatoms. The van der Waals surface area contributed by atoms with Crippen LogP contribution in [0.2, 0.25) is 0 Å². The molecule has 70 valence electrons. The Hall–Kier alpha value is -0.300. The Morgan fingerprint density at radius 2 is 2.25 bits per heavy atom. The second kappa shape index (κ2) is 4.08. The zero-order valence-corrected chi connectivity index (χ0v) is 8.56. The molecule has 1 aliphatic rings. The molecule has 0 aromatic rings. The van der Waals surface area contributed by atoms with E-state index in [0.717, 1.165) is 0 Å². The largest absolute Gasteiger partial charge is 0.306 e. The van der Waals surface area contributed by atoms with Gasteiger partial charge < -0.3 is 5.32 Å². The molecule has 0 fully saturated rings. The van der Waals surface area contributed by atoms with E-state index in [1.54, 1.807) is 0 Å². The molecule has 0 heterocycles. The lowest BCUT2D eigenvalue weighted by molar-refractivity contribution is 0.334. The van der Waals surface area contributed by atoms with Crippen molar-refractivity contribution in [2.24, 2.45) is 0 Å². The van der Waals surface area contributed by atoms with E-state index >= 15 is 0 Å². The monoisotopic (exact) mass is 167 g/mol. The van der Waals surface area contributed by atoms with Crippen molar-refractivity contribution in [2.45, 2.75) is 58.0 Å². The van der Waals surface area contributed by atoms with Gasteiger partial charge in [-0.15, -0.1) is 0 Å². The third-order valence-corrected chi connectivity index (χ3v) is 2.71. The summed E-state index contributed by atoms with van der Waals surface area (Å²) in [5.74, 6) is 0. The van der Waals surface area contributed by atoms with E-state index in [1.807, 2.05) is 0 Å². The topological polar surface area (TPSA) is 12.0 Å². The zero-order chi connectivity index (χ0) is 9.03. The smallest absolute Gasteiger partial charge is 0.0255 e. The second-order valence-electron chi connectivity index (χ2n) is 4.35. The Balaban J connectivity index is 2.39. The molecule has 0 saturated heterocycles. The number of hydrogen-bond donors (Lipinski definition) is 1. The predicted molar refractivity (Wildman–Crippen MR) is 54.3 cm³/mol. The molecule has 1 unspecified atom stereocenters. The Labute approximate surface area is 76.2 Å². The van der Waals surface area contributed by atoms with Gasteiger partial charge in [0.15, 0.2) is 0 Å². The standard InChI is InChI=1S/C11H21N/c1-4-11(2,3)12-10-8-6-5-7-9-10/h6,8,10,12H,4-5,7,9H2,1-3H3. The van der Waals surface area contributed by atoms with Crippen molar-refractivity contribution in [3.05, 3.63) is 12.2 Å². The van der Waals surface area contributed by atoms with E-state index in [4.69, 9.17) is 0 Å². The van der Waals surface area contributed by atoms with Gasteiger partial charge in [0.25, 0.3) is 0 Å². The maximum Gasteiger partial charge on any atom is 0.0255 e. The number of hydrogen-bond acceptors (Lipinski definition) is 1. The van der Waals surface area contributed by atoms with Gasteiger partial charge >= 0.3 is 0 Å². The van der Waals surface area contributed by atoms with Crippen LogP contribution in [0.25, 0.3) is 0 Å². The highest BCUT2D eigenvalue weighted by atomic mass is 15.0. The first-order chi connectivity index (χ1) is 5.64. The van der Waals surface area contributed by atoms with Crippen LogP contribution in [-0.4, -0.2) is 11.6 Å². The average molecular weight is 167 g/mol. The first kappa shape index (κ1) is 9.79. The first-order valence-electron chi connectivity index (χ1n) is 5.08. The van der Waals surface area contributed by atoms with Crippen LogP contribution in [0.5, 0.6) is 0 Å².